The number of hydrogen-bond donors (Lipinski definition) is 2. The van der Waals surface area contributed by atoms with Crippen LogP contribution in [0.25, 0.3) is 0 Å². The van der Waals surface area contributed by atoms with Gasteiger partial charge in [-0.05, 0) is 45.6 Å². The van der Waals surface area contributed by atoms with Gasteiger partial charge in [0.1, 0.15) is 0 Å². The minimum Gasteiger partial charge on any atom is -0.368 e. The number of likely N-dealkylation sites (N-methyl/N-ethyl adjacent to an activating group) is 1. The Labute approximate surface area is 118 Å². The number of primary amides is 1. The molecule has 1 aliphatic heterocycles. The minimum absolute atomic E-state index is 0.244. The molecule has 0 aromatic carbocycles. The van der Waals surface area contributed by atoms with Gasteiger partial charge < -0.3 is 16.0 Å². The van der Waals surface area contributed by atoms with Gasteiger partial charge in [0.25, 0.3) is 0 Å². The third kappa shape index (κ3) is 4.46. The molecule has 1 saturated heterocycles. The molecule has 4 nitrogen and oxygen atoms in total. The van der Waals surface area contributed by atoms with Gasteiger partial charge in [-0.1, -0.05) is 20.3 Å². The Bertz CT molecular complexity index is 295. The van der Waals surface area contributed by atoms with Gasteiger partial charge in [-0.2, -0.15) is 0 Å². The summed E-state index contributed by atoms with van der Waals surface area (Å²) < 4.78 is 0. The van der Waals surface area contributed by atoms with Crippen molar-refractivity contribution in [1.82, 2.24) is 10.2 Å². The van der Waals surface area contributed by atoms with Crippen LogP contribution in [0.3, 0.4) is 0 Å². The summed E-state index contributed by atoms with van der Waals surface area (Å²) in [4.78, 5) is 14.2. The average molecular weight is 269 g/mol. The molecule has 1 heterocycles. The Morgan fingerprint density at radius 1 is 1.42 bits per heavy atom. The van der Waals surface area contributed by atoms with Crippen molar-refractivity contribution in [2.45, 2.75) is 65.0 Å². The number of likely N-dealkylation sites (tertiary alicyclic amines) is 1. The molecular formula is C15H31N3O. The van der Waals surface area contributed by atoms with Crippen molar-refractivity contribution in [3.63, 3.8) is 0 Å². The van der Waals surface area contributed by atoms with E-state index in [1.165, 1.54) is 25.8 Å². The molecule has 1 aliphatic rings. The summed E-state index contributed by atoms with van der Waals surface area (Å²) in [5.74, 6) is 0.571. The van der Waals surface area contributed by atoms with Crippen LogP contribution in [0.2, 0.25) is 0 Å². The van der Waals surface area contributed by atoms with Gasteiger partial charge in [-0.15, -0.1) is 0 Å². The first-order valence-corrected chi connectivity index (χ1v) is 7.72. The van der Waals surface area contributed by atoms with E-state index >= 15 is 0 Å². The Kier molecular flexibility index (Phi) is 6.27. The second kappa shape index (κ2) is 7.25. The Hall–Kier alpha value is -0.610. The van der Waals surface area contributed by atoms with Crippen LogP contribution >= 0.6 is 0 Å². The maximum atomic E-state index is 11.6. The van der Waals surface area contributed by atoms with E-state index < -0.39 is 5.54 Å². The number of hydrogen-bond acceptors (Lipinski definition) is 3. The van der Waals surface area contributed by atoms with Gasteiger partial charge in [0.2, 0.25) is 5.91 Å². The van der Waals surface area contributed by atoms with Crippen LogP contribution in [0.1, 0.15) is 53.4 Å². The molecule has 1 amide bonds. The highest BCUT2D eigenvalue weighted by atomic mass is 16.1. The van der Waals surface area contributed by atoms with Crippen LogP contribution in [0.4, 0.5) is 0 Å². The molecule has 3 atom stereocenters. The molecule has 3 N–H and O–H groups in total. The molecule has 112 valence electrons. The lowest BCUT2D eigenvalue weighted by Gasteiger charge is -2.39. The maximum Gasteiger partial charge on any atom is 0.237 e. The lowest BCUT2D eigenvalue weighted by Crippen LogP contribution is -2.55. The third-order valence-electron chi connectivity index (χ3n) is 4.70. The van der Waals surface area contributed by atoms with Crippen molar-refractivity contribution in [3.05, 3.63) is 0 Å². The smallest absolute Gasteiger partial charge is 0.237 e. The standard InChI is InChI=1S/C15H31N3O/c1-5-13-8-7-12(3)18(11-13)10-9-15(4,14(16)19)17-6-2/h12-13,17H,5-11H2,1-4H3,(H2,16,19). The van der Waals surface area contributed by atoms with Gasteiger partial charge in [0, 0.05) is 19.1 Å². The summed E-state index contributed by atoms with van der Waals surface area (Å²) in [7, 11) is 0. The Morgan fingerprint density at radius 2 is 2.11 bits per heavy atom. The molecule has 3 unspecified atom stereocenters. The van der Waals surface area contributed by atoms with Crippen LogP contribution in [0, 0.1) is 5.92 Å². The van der Waals surface area contributed by atoms with Crippen molar-refractivity contribution in [2.75, 3.05) is 19.6 Å². The van der Waals surface area contributed by atoms with E-state index in [0.717, 1.165) is 25.4 Å². The average Bonchev–Trinajstić information content (AvgIpc) is 2.38. The lowest BCUT2D eigenvalue weighted by molar-refractivity contribution is -0.124. The number of piperidine rings is 1. The van der Waals surface area contributed by atoms with E-state index in [-0.39, 0.29) is 5.91 Å². The summed E-state index contributed by atoms with van der Waals surface area (Å²) in [6.07, 6.45) is 4.65. The predicted octanol–water partition coefficient (Wildman–Crippen LogP) is 1.74. The molecule has 0 spiro atoms. The van der Waals surface area contributed by atoms with Gasteiger partial charge in [0.15, 0.2) is 0 Å². The molecule has 4 heteroatoms. The van der Waals surface area contributed by atoms with Crippen molar-refractivity contribution >= 4 is 5.91 Å². The fourth-order valence-corrected chi connectivity index (χ4v) is 2.96. The molecule has 1 rings (SSSR count). The molecule has 0 bridgehead atoms. The highest BCUT2D eigenvalue weighted by Gasteiger charge is 2.32. The molecule has 1 fully saturated rings. The van der Waals surface area contributed by atoms with Crippen LogP contribution in [0.5, 0.6) is 0 Å². The first-order chi connectivity index (χ1) is 8.92. The molecule has 0 aliphatic carbocycles. The molecule has 0 aromatic heterocycles. The first kappa shape index (κ1) is 16.4. The van der Waals surface area contributed by atoms with Crippen LogP contribution in [0.15, 0.2) is 0 Å². The van der Waals surface area contributed by atoms with E-state index in [0.29, 0.717) is 6.04 Å². The zero-order valence-electron chi connectivity index (χ0n) is 13.0. The van der Waals surface area contributed by atoms with Gasteiger partial charge >= 0.3 is 0 Å². The highest BCUT2D eigenvalue weighted by molar-refractivity contribution is 5.84. The van der Waals surface area contributed by atoms with E-state index in [1.54, 1.807) is 0 Å². The van der Waals surface area contributed by atoms with Crippen molar-refractivity contribution in [1.29, 1.82) is 0 Å². The minimum atomic E-state index is -0.576. The maximum absolute atomic E-state index is 11.6. The summed E-state index contributed by atoms with van der Waals surface area (Å²) in [5, 5.41) is 3.24. The van der Waals surface area contributed by atoms with Gasteiger partial charge in [0.05, 0.1) is 5.54 Å². The topological polar surface area (TPSA) is 58.4 Å². The van der Waals surface area contributed by atoms with E-state index in [2.05, 4.69) is 24.1 Å². The number of nitrogens with two attached hydrogens (primary N) is 1. The van der Waals surface area contributed by atoms with Gasteiger partial charge in [-0.3, -0.25) is 4.79 Å². The van der Waals surface area contributed by atoms with E-state index in [4.69, 9.17) is 5.73 Å². The lowest BCUT2D eigenvalue weighted by atomic mass is 9.90. The molecule has 0 aromatic rings. The van der Waals surface area contributed by atoms with Crippen LogP contribution in [-0.4, -0.2) is 42.0 Å². The highest BCUT2D eigenvalue weighted by Crippen LogP contribution is 2.25. The van der Waals surface area contributed by atoms with E-state index in [9.17, 15) is 4.79 Å². The molecular weight excluding hydrogens is 238 g/mol. The fourth-order valence-electron chi connectivity index (χ4n) is 2.96. The van der Waals surface area contributed by atoms with Crippen LogP contribution in [-0.2, 0) is 4.79 Å². The Morgan fingerprint density at radius 3 is 2.63 bits per heavy atom. The van der Waals surface area contributed by atoms with Crippen LogP contribution < -0.4 is 11.1 Å². The normalized spacial score (nSPS) is 28.0. The second-order valence-corrected chi connectivity index (χ2v) is 6.17. The zero-order chi connectivity index (χ0) is 14.5. The third-order valence-corrected chi connectivity index (χ3v) is 4.70. The summed E-state index contributed by atoms with van der Waals surface area (Å²) >= 11 is 0. The zero-order valence-corrected chi connectivity index (χ0v) is 13.0. The van der Waals surface area contributed by atoms with Crippen molar-refractivity contribution in [2.24, 2.45) is 11.7 Å². The number of carbonyl (C=O) groups excluding carboxylic acids is 1. The number of nitrogens with one attached hydrogen (secondary N) is 1. The molecule has 0 saturated carbocycles. The van der Waals surface area contributed by atoms with E-state index in [1.807, 2.05) is 13.8 Å². The fraction of sp³-hybridized carbons (Fsp3) is 0.933. The monoisotopic (exact) mass is 269 g/mol. The molecule has 0 radical (unpaired) electrons. The molecule has 19 heavy (non-hydrogen) atoms. The second-order valence-electron chi connectivity index (χ2n) is 6.17. The quantitative estimate of drug-likeness (QED) is 0.740. The summed E-state index contributed by atoms with van der Waals surface area (Å²) in [5.41, 5.74) is 4.97. The predicted molar refractivity (Wildman–Crippen MR) is 79.9 cm³/mol. The van der Waals surface area contributed by atoms with Crippen molar-refractivity contribution in [3.8, 4) is 0 Å². The van der Waals surface area contributed by atoms with Gasteiger partial charge in [-0.25, -0.2) is 0 Å². The first-order valence-electron chi connectivity index (χ1n) is 7.72. The number of amides is 1. The Balaban J connectivity index is 2.55. The SMILES string of the molecule is CCNC(C)(CCN1CC(CC)CCC1C)C(N)=O. The number of nitrogens with zero attached hydrogens (tertiary/aromatic N) is 1. The number of carbonyl (C=O) groups is 1. The largest absolute Gasteiger partial charge is 0.368 e. The summed E-state index contributed by atoms with van der Waals surface area (Å²) in [6, 6.07) is 0.626. The van der Waals surface area contributed by atoms with Crippen molar-refractivity contribution < 1.29 is 4.79 Å². The number of rotatable bonds is 7. The summed E-state index contributed by atoms with van der Waals surface area (Å²) in [6.45, 7) is 11.4.